The topological polar surface area (TPSA) is 37.0 Å². The van der Waals surface area contributed by atoms with Crippen LogP contribution in [-0.4, -0.2) is 24.6 Å². The summed E-state index contributed by atoms with van der Waals surface area (Å²) in [6, 6.07) is 10.4. The number of pyridine rings is 1. The molecular weight excluding hydrogens is 222 g/mol. The van der Waals surface area contributed by atoms with Crippen LogP contribution in [0.4, 0.5) is 5.69 Å². The van der Waals surface area contributed by atoms with Crippen molar-refractivity contribution in [3.8, 4) is 0 Å². The van der Waals surface area contributed by atoms with E-state index < -0.39 is 0 Å². The number of anilines is 1. The third kappa shape index (κ3) is 2.46. The minimum absolute atomic E-state index is 0.734. The Balaban J connectivity index is 1.74. The van der Waals surface area contributed by atoms with Crippen molar-refractivity contribution in [1.82, 2.24) is 10.3 Å². The molecule has 2 heterocycles. The summed E-state index contributed by atoms with van der Waals surface area (Å²) in [5.41, 5.74) is 2.22. The lowest BCUT2D eigenvalue weighted by Gasteiger charge is -2.23. The fourth-order valence-electron chi connectivity index (χ4n) is 2.60. The van der Waals surface area contributed by atoms with Gasteiger partial charge >= 0.3 is 0 Å². The van der Waals surface area contributed by atoms with Crippen LogP contribution < -0.4 is 10.6 Å². The van der Waals surface area contributed by atoms with Gasteiger partial charge in [-0.05, 0) is 44.0 Å². The Kier molecular flexibility index (Phi) is 3.42. The lowest BCUT2D eigenvalue weighted by molar-refractivity contribution is 0.393. The summed E-state index contributed by atoms with van der Waals surface area (Å²) in [4.78, 5) is 4.47. The zero-order chi connectivity index (χ0) is 12.2. The molecule has 1 aromatic heterocycles. The molecule has 0 aliphatic carbocycles. The summed E-state index contributed by atoms with van der Waals surface area (Å²) < 4.78 is 0. The normalized spacial score (nSPS) is 19.9. The van der Waals surface area contributed by atoms with Crippen LogP contribution in [0.5, 0.6) is 0 Å². The molecule has 0 radical (unpaired) electrons. The molecule has 3 nitrogen and oxygen atoms in total. The van der Waals surface area contributed by atoms with Gasteiger partial charge in [-0.25, -0.2) is 0 Å². The maximum atomic E-state index is 4.47. The van der Waals surface area contributed by atoms with Gasteiger partial charge < -0.3 is 10.6 Å². The number of aromatic nitrogens is 1. The predicted molar refractivity (Wildman–Crippen MR) is 75.8 cm³/mol. The van der Waals surface area contributed by atoms with Gasteiger partial charge in [-0.1, -0.05) is 18.2 Å². The minimum atomic E-state index is 0.734. The SMILES string of the molecule is c1cnc2c(NCC3CCCNC3)cccc2c1. The van der Waals surface area contributed by atoms with E-state index >= 15 is 0 Å². The summed E-state index contributed by atoms with van der Waals surface area (Å²) in [5.74, 6) is 0.734. The molecule has 1 aliphatic heterocycles. The second kappa shape index (κ2) is 5.36. The molecule has 3 heteroatoms. The van der Waals surface area contributed by atoms with E-state index in [1.165, 1.54) is 24.8 Å². The lowest BCUT2D eigenvalue weighted by atomic mass is 9.99. The summed E-state index contributed by atoms with van der Waals surface area (Å²) in [5, 5.41) is 8.21. The average Bonchev–Trinajstić information content (AvgIpc) is 2.46. The van der Waals surface area contributed by atoms with Gasteiger partial charge in [-0.2, -0.15) is 0 Å². The van der Waals surface area contributed by atoms with E-state index in [0.717, 1.165) is 30.2 Å². The maximum absolute atomic E-state index is 4.47. The molecule has 1 aliphatic rings. The zero-order valence-corrected chi connectivity index (χ0v) is 10.5. The third-order valence-electron chi connectivity index (χ3n) is 3.61. The van der Waals surface area contributed by atoms with Crippen LogP contribution in [0.1, 0.15) is 12.8 Å². The van der Waals surface area contributed by atoms with Crippen LogP contribution in [0.3, 0.4) is 0 Å². The van der Waals surface area contributed by atoms with Crippen molar-refractivity contribution in [2.45, 2.75) is 12.8 Å². The lowest BCUT2D eigenvalue weighted by Crippen LogP contribution is -2.33. The third-order valence-corrected chi connectivity index (χ3v) is 3.61. The predicted octanol–water partition coefficient (Wildman–Crippen LogP) is 2.65. The summed E-state index contributed by atoms with van der Waals surface area (Å²) in [6.07, 6.45) is 4.47. The van der Waals surface area contributed by atoms with Crippen molar-refractivity contribution in [2.75, 3.05) is 25.0 Å². The van der Waals surface area contributed by atoms with Gasteiger partial charge in [0.2, 0.25) is 0 Å². The molecule has 0 saturated carbocycles. The van der Waals surface area contributed by atoms with Crippen LogP contribution in [-0.2, 0) is 0 Å². The summed E-state index contributed by atoms with van der Waals surface area (Å²) in [7, 11) is 0. The molecule has 3 rings (SSSR count). The fourth-order valence-corrected chi connectivity index (χ4v) is 2.60. The van der Waals surface area contributed by atoms with Crippen molar-refractivity contribution in [3.05, 3.63) is 36.5 Å². The van der Waals surface area contributed by atoms with Gasteiger partial charge in [0.25, 0.3) is 0 Å². The molecule has 18 heavy (non-hydrogen) atoms. The average molecular weight is 241 g/mol. The van der Waals surface area contributed by atoms with Gasteiger partial charge in [-0.3, -0.25) is 4.98 Å². The Bertz CT molecular complexity index is 513. The van der Waals surface area contributed by atoms with E-state index in [4.69, 9.17) is 0 Å². The van der Waals surface area contributed by atoms with Crippen LogP contribution in [0, 0.1) is 5.92 Å². The fraction of sp³-hybridized carbons (Fsp3) is 0.400. The molecule has 0 spiro atoms. The van der Waals surface area contributed by atoms with E-state index in [0.29, 0.717) is 0 Å². The molecule has 1 atom stereocenters. The standard InChI is InChI=1S/C15H19N3/c1-5-13-6-3-9-17-15(13)14(7-1)18-11-12-4-2-8-16-10-12/h1,3,5-7,9,12,16,18H,2,4,8,10-11H2. The molecule has 1 unspecified atom stereocenters. The number of nitrogens with one attached hydrogen (secondary N) is 2. The molecule has 94 valence electrons. The first kappa shape index (κ1) is 11.5. The highest BCUT2D eigenvalue weighted by Gasteiger charge is 2.12. The first-order valence-corrected chi connectivity index (χ1v) is 6.72. The van der Waals surface area contributed by atoms with E-state index in [2.05, 4.69) is 39.9 Å². The van der Waals surface area contributed by atoms with Crippen molar-refractivity contribution < 1.29 is 0 Å². The van der Waals surface area contributed by atoms with Gasteiger partial charge in [0.05, 0.1) is 11.2 Å². The first-order chi connectivity index (χ1) is 8.93. The zero-order valence-electron chi connectivity index (χ0n) is 10.5. The molecule has 2 N–H and O–H groups in total. The second-order valence-electron chi connectivity index (χ2n) is 4.97. The first-order valence-electron chi connectivity index (χ1n) is 6.72. The van der Waals surface area contributed by atoms with Crippen molar-refractivity contribution >= 4 is 16.6 Å². The van der Waals surface area contributed by atoms with Crippen LogP contribution in [0.2, 0.25) is 0 Å². The number of piperidine rings is 1. The Morgan fingerprint density at radius 3 is 3.11 bits per heavy atom. The van der Waals surface area contributed by atoms with Gasteiger partial charge in [-0.15, -0.1) is 0 Å². The van der Waals surface area contributed by atoms with Gasteiger partial charge in [0.15, 0.2) is 0 Å². The second-order valence-corrected chi connectivity index (χ2v) is 4.97. The van der Waals surface area contributed by atoms with Crippen molar-refractivity contribution in [3.63, 3.8) is 0 Å². The minimum Gasteiger partial charge on any atom is -0.383 e. The van der Waals surface area contributed by atoms with Gasteiger partial charge in [0.1, 0.15) is 0 Å². The van der Waals surface area contributed by atoms with E-state index in [1.807, 2.05) is 12.3 Å². The molecular formula is C15H19N3. The number of hydrogen-bond donors (Lipinski definition) is 2. The van der Waals surface area contributed by atoms with Crippen LogP contribution in [0.25, 0.3) is 10.9 Å². The Morgan fingerprint density at radius 2 is 2.22 bits per heavy atom. The highest BCUT2D eigenvalue weighted by atomic mass is 14.9. The smallest absolute Gasteiger partial charge is 0.0933 e. The quantitative estimate of drug-likeness (QED) is 0.867. The highest BCUT2D eigenvalue weighted by Crippen LogP contribution is 2.21. The largest absolute Gasteiger partial charge is 0.383 e. The van der Waals surface area contributed by atoms with E-state index in [1.54, 1.807) is 0 Å². The molecule has 1 fully saturated rings. The highest BCUT2D eigenvalue weighted by molar-refractivity contribution is 5.90. The molecule has 1 aromatic carbocycles. The number of fused-ring (bicyclic) bond motifs is 1. The van der Waals surface area contributed by atoms with E-state index in [-0.39, 0.29) is 0 Å². The van der Waals surface area contributed by atoms with Crippen molar-refractivity contribution in [1.29, 1.82) is 0 Å². The number of hydrogen-bond acceptors (Lipinski definition) is 3. The number of nitrogens with zero attached hydrogens (tertiary/aromatic N) is 1. The Labute approximate surface area is 108 Å². The van der Waals surface area contributed by atoms with E-state index in [9.17, 15) is 0 Å². The number of rotatable bonds is 3. The molecule has 0 amide bonds. The molecule has 1 saturated heterocycles. The number of benzene rings is 1. The molecule has 2 aromatic rings. The van der Waals surface area contributed by atoms with Crippen molar-refractivity contribution in [2.24, 2.45) is 5.92 Å². The van der Waals surface area contributed by atoms with Crippen LogP contribution in [0.15, 0.2) is 36.5 Å². The Morgan fingerprint density at radius 1 is 1.28 bits per heavy atom. The maximum Gasteiger partial charge on any atom is 0.0933 e. The monoisotopic (exact) mass is 241 g/mol. The summed E-state index contributed by atoms with van der Waals surface area (Å²) in [6.45, 7) is 3.33. The number of para-hydroxylation sites is 1. The Hall–Kier alpha value is -1.61. The van der Waals surface area contributed by atoms with Gasteiger partial charge in [0, 0.05) is 18.1 Å². The molecule has 0 bridgehead atoms. The van der Waals surface area contributed by atoms with Crippen LogP contribution >= 0.6 is 0 Å². The summed E-state index contributed by atoms with van der Waals surface area (Å²) >= 11 is 0.